The zero-order chi connectivity index (χ0) is 9.56. The average Bonchev–Trinajstić information content (AvgIpc) is 1.84. The first-order valence-corrected chi connectivity index (χ1v) is 4.61. The van der Waals surface area contributed by atoms with Crippen molar-refractivity contribution in [1.29, 1.82) is 0 Å². The van der Waals surface area contributed by atoms with Crippen LogP contribution in [0, 0.1) is 0 Å². The average molecular weight is 170 g/mol. The summed E-state index contributed by atoms with van der Waals surface area (Å²) in [6.45, 7) is 10.1. The predicted octanol–water partition coefficient (Wildman–Crippen LogP) is 1.62. The minimum atomic E-state index is 0.336. The lowest BCUT2D eigenvalue weighted by Crippen LogP contribution is -2.23. The Morgan fingerprint density at radius 2 is 2.17 bits per heavy atom. The SMILES string of the molecule is C=C(C)CN(C)CCCC(C)N. The van der Waals surface area contributed by atoms with Crippen LogP contribution < -0.4 is 5.73 Å². The van der Waals surface area contributed by atoms with E-state index in [9.17, 15) is 0 Å². The quantitative estimate of drug-likeness (QED) is 0.614. The lowest BCUT2D eigenvalue weighted by molar-refractivity contribution is 0.347. The van der Waals surface area contributed by atoms with Crippen LogP contribution in [0.3, 0.4) is 0 Å². The Bertz CT molecular complexity index is 130. The van der Waals surface area contributed by atoms with Gasteiger partial charge in [-0.15, -0.1) is 0 Å². The molecule has 0 amide bonds. The number of hydrogen-bond acceptors (Lipinski definition) is 2. The maximum absolute atomic E-state index is 5.64. The molecule has 0 radical (unpaired) electrons. The van der Waals surface area contributed by atoms with Gasteiger partial charge in [0.1, 0.15) is 0 Å². The van der Waals surface area contributed by atoms with Crippen LogP contribution in [0.4, 0.5) is 0 Å². The molecule has 0 saturated heterocycles. The Labute approximate surface area is 76.4 Å². The summed E-state index contributed by atoms with van der Waals surface area (Å²) in [6.07, 6.45) is 2.29. The van der Waals surface area contributed by atoms with E-state index in [-0.39, 0.29) is 0 Å². The molecule has 72 valence electrons. The molecule has 0 aromatic heterocycles. The zero-order valence-electron chi connectivity index (χ0n) is 8.64. The summed E-state index contributed by atoms with van der Waals surface area (Å²) in [6, 6.07) is 0.336. The molecular weight excluding hydrogens is 148 g/mol. The van der Waals surface area contributed by atoms with E-state index >= 15 is 0 Å². The lowest BCUT2D eigenvalue weighted by atomic mass is 10.2. The van der Waals surface area contributed by atoms with Gasteiger partial charge in [-0.3, -0.25) is 0 Å². The molecule has 0 spiro atoms. The van der Waals surface area contributed by atoms with Crippen molar-refractivity contribution < 1.29 is 0 Å². The maximum Gasteiger partial charge on any atom is 0.0184 e. The van der Waals surface area contributed by atoms with Crippen LogP contribution in [-0.4, -0.2) is 31.1 Å². The van der Waals surface area contributed by atoms with Gasteiger partial charge >= 0.3 is 0 Å². The monoisotopic (exact) mass is 170 g/mol. The summed E-state index contributed by atoms with van der Waals surface area (Å²) >= 11 is 0. The topological polar surface area (TPSA) is 29.3 Å². The number of nitrogens with two attached hydrogens (primary N) is 1. The predicted molar refractivity (Wildman–Crippen MR) is 55.2 cm³/mol. The van der Waals surface area contributed by atoms with Gasteiger partial charge in [-0.1, -0.05) is 12.2 Å². The van der Waals surface area contributed by atoms with Crippen molar-refractivity contribution in [3.63, 3.8) is 0 Å². The van der Waals surface area contributed by atoms with Crippen LogP contribution in [-0.2, 0) is 0 Å². The Hall–Kier alpha value is -0.340. The van der Waals surface area contributed by atoms with Crippen molar-refractivity contribution in [1.82, 2.24) is 4.90 Å². The zero-order valence-corrected chi connectivity index (χ0v) is 8.64. The molecule has 0 rings (SSSR count). The highest BCUT2D eigenvalue weighted by atomic mass is 15.1. The third kappa shape index (κ3) is 7.76. The van der Waals surface area contributed by atoms with Crippen LogP contribution in [0.25, 0.3) is 0 Å². The van der Waals surface area contributed by atoms with E-state index in [1.54, 1.807) is 0 Å². The molecule has 1 unspecified atom stereocenters. The van der Waals surface area contributed by atoms with Crippen LogP contribution in [0.15, 0.2) is 12.2 Å². The summed E-state index contributed by atoms with van der Waals surface area (Å²) in [4.78, 5) is 2.28. The summed E-state index contributed by atoms with van der Waals surface area (Å²) in [7, 11) is 2.12. The molecule has 0 aliphatic rings. The molecular formula is C10H22N2. The smallest absolute Gasteiger partial charge is 0.0184 e. The van der Waals surface area contributed by atoms with Gasteiger partial charge in [0, 0.05) is 12.6 Å². The molecule has 0 fully saturated rings. The Morgan fingerprint density at radius 3 is 2.58 bits per heavy atom. The van der Waals surface area contributed by atoms with Gasteiger partial charge in [0.2, 0.25) is 0 Å². The molecule has 0 aromatic rings. The molecule has 0 aliphatic carbocycles. The minimum Gasteiger partial charge on any atom is -0.328 e. The van der Waals surface area contributed by atoms with Crippen molar-refractivity contribution in [3.8, 4) is 0 Å². The summed E-state index contributed by atoms with van der Waals surface area (Å²) in [5, 5.41) is 0. The first-order valence-electron chi connectivity index (χ1n) is 4.61. The van der Waals surface area contributed by atoms with E-state index in [0.29, 0.717) is 6.04 Å². The number of likely N-dealkylation sites (N-methyl/N-ethyl adjacent to an activating group) is 1. The molecule has 0 heterocycles. The summed E-state index contributed by atoms with van der Waals surface area (Å²) in [5.74, 6) is 0. The first-order chi connectivity index (χ1) is 5.52. The Morgan fingerprint density at radius 1 is 1.58 bits per heavy atom. The molecule has 12 heavy (non-hydrogen) atoms. The van der Waals surface area contributed by atoms with Crippen LogP contribution in [0.1, 0.15) is 26.7 Å². The van der Waals surface area contributed by atoms with Gasteiger partial charge in [0.25, 0.3) is 0 Å². The van der Waals surface area contributed by atoms with E-state index in [1.165, 1.54) is 12.0 Å². The van der Waals surface area contributed by atoms with E-state index < -0.39 is 0 Å². The highest BCUT2D eigenvalue weighted by molar-refractivity contribution is 4.90. The van der Waals surface area contributed by atoms with Crippen LogP contribution in [0.2, 0.25) is 0 Å². The molecule has 0 aliphatic heterocycles. The van der Waals surface area contributed by atoms with E-state index in [4.69, 9.17) is 5.73 Å². The van der Waals surface area contributed by atoms with Crippen molar-refractivity contribution in [2.24, 2.45) is 5.73 Å². The molecule has 2 heteroatoms. The molecule has 0 aromatic carbocycles. The fourth-order valence-corrected chi connectivity index (χ4v) is 1.22. The second kappa shape index (κ2) is 6.21. The van der Waals surface area contributed by atoms with Gasteiger partial charge in [-0.05, 0) is 40.3 Å². The van der Waals surface area contributed by atoms with Gasteiger partial charge in [0.05, 0.1) is 0 Å². The Balaban J connectivity index is 3.31. The van der Waals surface area contributed by atoms with Crippen molar-refractivity contribution in [2.45, 2.75) is 32.7 Å². The van der Waals surface area contributed by atoms with Crippen LogP contribution >= 0.6 is 0 Å². The number of hydrogen-bond donors (Lipinski definition) is 1. The maximum atomic E-state index is 5.64. The number of rotatable bonds is 6. The van der Waals surface area contributed by atoms with E-state index in [1.807, 2.05) is 0 Å². The van der Waals surface area contributed by atoms with Crippen molar-refractivity contribution in [3.05, 3.63) is 12.2 Å². The number of nitrogens with zero attached hydrogens (tertiary/aromatic N) is 1. The largest absolute Gasteiger partial charge is 0.328 e. The highest BCUT2D eigenvalue weighted by Gasteiger charge is 1.99. The minimum absolute atomic E-state index is 0.336. The highest BCUT2D eigenvalue weighted by Crippen LogP contribution is 1.98. The van der Waals surface area contributed by atoms with Gasteiger partial charge in [-0.2, -0.15) is 0 Å². The first kappa shape index (κ1) is 11.7. The standard InChI is InChI=1S/C10H22N2/c1-9(2)8-12(4)7-5-6-10(3)11/h10H,1,5-8,11H2,2-4H3. The van der Waals surface area contributed by atoms with Gasteiger partial charge < -0.3 is 10.6 Å². The fraction of sp³-hybridized carbons (Fsp3) is 0.800. The molecule has 0 saturated carbocycles. The van der Waals surface area contributed by atoms with Gasteiger partial charge in [0.15, 0.2) is 0 Å². The molecule has 2 nitrogen and oxygen atoms in total. The summed E-state index contributed by atoms with van der Waals surface area (Å²) in [5.41, 5.74) is 6.86. The normalized spacial score (nSPS) is 13.4. The fourth-order valence-electron chi connectivity index (χ4n) is 1.22. The summed E-state index contributed by atoms with van der Waals surface area (Å²) < 4.78 is 0. The van der Waals surface area contributed by atoms with Crippen molar-refractivity contribution >= 4 is 0 Å². The van der Waals surface area contributed by atoms with Crippen molar-refractivity contribution in [2.75, 3.05) is 20.1 Å². The van der Waals surface area contributed by atoms with Crippen LogP contribution in [0.5, 0.6) is 0 Å². The molecule has 0 bridgehead atoms. The van der Waals surface area contributed by atoms with Gasteiger partial charge in [-0.25, -0.2) is 0 Å². The molecule has 2 N–H and O–H groups in total. The molecule has 1 atom stereocenters. The third-order valence-corrected chi connectivity index (χ3v) is 1.74. The second-order valence-corrected chi connectivity index (χ2v) is 3.81. The Kier molecular flexibility index (Phi) is 6.03. The lowest BCUT2D eigenvalue weighted by Gasteiger charge is -2.16. The van der Waals surface area contributed by atoms with E-state index in [2.05, 4.69) is 32.4 Å². The third-order valence-electron chi connectivity index (χ3n) is 1.74. The second-order valence-electron chi connectivity index (χ2n) is 3.81. The van der Waals surface area contributed by atoms with E-state index in [0.717, 1.165) is 19.5 Å².